The smallest absolute Gasteiger partial charge is 0.269 e. The number of hydrogen-bond donors (Lipinski definition) is 2. The molecule has 2 aromatic rings. The van der Waals surface area contributed by atoms with E-state index >= 15 is 0 Å². The molecule has 0 saturated heterocycles. The summed E-state index contributed by atoms with van der Waals surface area (Å²) in [6.45, 7) is 2.31. The summed E-state index contributed by atoms with van der Waals surface area (Å²) in [7, 11) is 0. The molecule has 1 aromatic heterocycles. The second-order valence-corrected chi connectivity index (χ2v) is 4.75. The lowest BCUT2D eigenvalue weighted by molar-refractivity contribution is -0.384. The van der Waals surface area contributed by atoms with Gasteiger partial charge in [-0.2, -0.15) is 0 Å². The van der Waals surface area contributed by atoms with Gasteiger partial charge in [0, 0.05) is 30.9 Å². The van der Waals surface area contributed by atoms with Gasteiger partial charge in [-0.05, 0) is 36.8 Å². The second-order valence-electron chi connectivity index (χ2n) is 4.75. The van der Waals surface area contributed by atoms with E-state index in [4.69, 9.17) is 0 Å². The molecule has 0 bridgehead atoms. The summed E-state index contributed by atoms with van der Waals surface area (Å²) < 4.78 is 0. The number of nitrogens with zero attached hydrogens (tertiary/aromatic N) is 2. The zero-order valence-corrected chi connectivity index (χ0v) is 11.6. The van der Waals surface area contributed by atoms with E-state index in [1.54, 1.807) is 18.3 Å². The number of nitro groups is 1. The number of aliphatic hydroxyl groups excluding tert-OH is 1. The van der Waals surface area contributed by atoms with Crippen LogP contribution in [0.1, 0.15) is 30.3 Å². The van der Waals surface area contributed by atoms with Gasteiger partial charge in [0.25, 0.3) is 5.69 Å². The summed E-state index contributed by atoms with van der Waals surface area (Å²) >= 11 is 0. The Labute approximate surface area is 122 Å². The third kappa shape index (κ3) is 4.08. The zero-order chi connectivity index (χ0) is 15.2. The highest BCUT2D eigenvalue weighted by Crippen LogP contribution is 2.18. The lowest BCUT2D eigenvalue weighted by Crippen LogP contribution is -2.25. The highest BCUT2D eigenvalue weighted by atomic mass is 16.6. The van der Waals surface area contributed by atoms with Crippen molar-refractivity contribution in [1.29, 1.82) is 0 Å². The fourth-order valence-corrected chi connectivity index (χ4v) is 1.96. The van der Waals surface area contributed by atoms with Crippen molar-refractivity contribution in [3.63, 3.8) is 0 Å². The lowest BCUT2D eigenvalue weighted by Gasteiger charge is -2.17. The maximum atomic E-state index is 10.6. The molecule has 0 radical (unpaired) electrons. The number of nitro benzene ring substituents is 1. The van der Waals surface area contributed by atoms with Gasteiger partial charge >= 0.3 is 0 Å². The minimum Gasteiger partial charge on any atom is -0.387 e. The minimum absolute atomic E-state index is 0.0129. The average Bonchev–Trinajstić information content (AvgIpc) is 2.53. The van der Waals surface area contributed by atoms with E-state index in [1.165, 1.54) is 12.1 Å². The first-order chi connectivity index (χ1) is 10.1. The largest absolute Gasteiger partial charge is 0.387 e. The van der Waals surface area contributed by atoms with Gasteiger partial charge in [0.15, 0.2) is 0 Å². The van der Waals surface area contributed by atoms with Crippen LogP contribution in [0.15, 0.2) is 48.7 Å². The molecule has 0 aliphatic carbocycles. The van der Waals surface area contributed by atoms with Crippen molar-refractivity contribution >= 4 is 5.69 Å². The molecule has 0 saturated carbocycles. The topological polar surface area (TPSA) is 88.3 Å². The van der Waals surface area contributed by atoms with Crippen molar-refractivity contribution in [2.45, 2.75) is 19.1 Å². The summed E-state index contributed by atoms with van der Waals surface area (Å²) in [5.74, 6) is 0. The number of benzene rings is 1. The molecule has 0 aliphatic heterocycles. The van der Waals surface area contributed by atoms with Crippen molar-refractivity contribution in [1.82, 2.24) is 10.3 Å². The molecule has 2 atom stereocenters. The molecule has 2 rings (SSSR count). The van der Waals surface area contributed by atoms with Gasteiger partial charge in [-0.1, -0.05) is 6.07 Å². The summed E-state index contributed by atoms with van der Waals surface area (Å²) in [5, 5.41) is 23.9. The fourth-order valence-electron chi connectivity index (χ4n) is 1.96. The van der Waals surface area contributed by atoms with E-state index in [1.807, 2.05) is 25.1 Å². The molecule has 1 aromatic carbocycles. The van der Waals surface area contributed by atoms with Gasteiger partial charge in [-0.15, -0.1) is 0 Å². The first-order valence-electron chi connectivity index (χ1n) is 6.64. The number of aromatic nitrogens is 1. The highest BCUT2D eigenvalue weighted by molar-refractivity contribution is 5.33. The summed E-state index contributed by atoms with van der Waals surface area (Å²) in [6.07, 6.45) is 0.997. The Hall–Kier alpha value is -2.31. The molecular weight excluding hydrogens is 270 g/mol. The summed E-state index contributed by atoms with van der Waals surface area (Å²) in [4.78, 5) is 14.4. The monoisotopic (exact) mass is 287 g/mol. The Balaban J connectivity index is 1.92. The van der Waals surface area contributed by atoms with Crippen LogP contribution >= 0.6 is 0 Å². The van der Waals surface area contributed by atoms with E-state index in [0.29, 0.717) is 12.1 Å². The Morgan fingerprint density at radius 3 is 2.57 bits per heavy atom. The number of aliphatic hydroxyl groups is 1. The Kier molecular flexibility index (Phi) is 4.97. The average molecular weight is 287 g/mol. The fraction of sp³-hybridized carbons (Fsp3) is 0.267. The van der Waals surface area contributed by atoms with E-state index in [9.17, 15) is 15.2 Å². The molecular formula is C15H17N3O3. The quantitative estimate of drug-likeness (QED) is 0.629. The number of non-ortho nitro benzene ring substituents is 1. The van der Waals surface area contributed by atoms with Crippen LogP contribution in [0.25, 0.3) is 0 Å². The van der Waals surface area contributed by atoms with Crippen molar-refractivity contribution in [2.24, 2.45) is 0 Å². The predicted octanol–water partition coefficient (Wildman–Crippen LogP) is 2.37. The molecule has 6 heteroatoms. The van der Waals surface area contributed by atoms with Crippen LogP contribution in [0.5, 0.6) is 0 Å². The number of rotatable bonds is 6. The van der Waals surface area contributed by atoms with E-state index in [-0.39, 0.29) is 11.7 Å². The minimum atomic E-state index is -0.725. The van der Waals surface area contributed by atoms with Crippen molar-refractivity contribution in [2.75, 3.05) is 6.54 Å². The van der Waals surface area contributed by atoms with Gasteiger partial charge < -0.3 is 10.4 Å². The Morgan fingerprint density at radius 1 is 1.29 bits per heavy atom. The summed E-state index contributed by atoms with van der Waals surface area (Å²) in [5.41, 5.74) is 1.55. The molecule has 21 heavy (non-hydrogen) atoms. The number of nitrogens with one attached hydrogen (secondary N) is 1. The second kappa shape index (κ2) is 6.92. The Bertz CT molecular complexity index is 587. The lowest BCUT2D eigenvalue weighted by atomic mass is 10.1. The third-order valence-corrected chi connectivity index (χ3v) is 3.24. The zero-order valence-electron chi connectivity index (χ0n) is 11.6. The number of pyridine rings is 1. The van der Waals surface area contributed by atoms with Crippen LogP contribution in [0.2, 0.25) is 0 Å². The van der Waals surface area contributed by atoms with Gasteiger partial charge in [-0.3, -0.25) is 15.1 Å². The third-order valence-electron chi connectivity index (χ3n) is 3.24. The first kappa shape index (κ1) is 15.1. The molecule has 1 heterocycles. The van der Waals surface area contributed by atoms with Gasteiger partial charge in [0.05, 0.1) is 16.7 Å². The first-order valence-corrected chi connectivity index (χ1v) is 6.64. The van der Waals surface area contributed by atoms with Crippen LogP contribution in [0, 0.1) is 10.1 Å². The molecule has 0 amide bonds. The van der Waals surface area contributed by atoms with Crippen LogP contribution in [0.3, 0.4) is 0 Å². The van der Waals surface area contributed by atoms with Gasteiger partial charge in [-0.25, -0.2) is 0 Å². The molecule has 0 spiro atoms. The number of hydrogen-bond acceptors (Lipinski definition) is 5. The van der Waals surface area contributed by atoms with Gasteiger partial charge in [0.2, 0.25) is 0 Å². The Morgan fingerprint density at radius 2 is 2.00 bits per heavy atom. The van der Waals surface area contributed by atoms with Crippen LogP contribution < -0.4 is 5.32 Å². The van der Waals surface area contributed by atoms with Crippen LogP contribution in [0.4, 0.5) is 5.69 Å². The van der Waals surface area contributed by atoms with Crippen molar-refractivity contribution in [3.8, 4) is 0 Å². The SMILES string of the molecule is C[C@@H](NCC(O)c1ccc([N+](=O)[O-])cc1)c1ccccn1. The van der Waals surface area contributed by atoms with E-state index in [0.717, 1.165) is 5.69 Å². The van der Waals surface area contributed by atoms with Crippen LogP contribution in [-0.2, 0) is 0 Å². The van der Waals surface area contributed by atoms with Crippen molar-refractivity contribution in [3.05, 3.63) is 70.0 Å². The molecule has 0 aliphatic rings. The van der Waals surface area contributed by atoms with Crippen LogP contribution in [-0.4, -0.2) is 21.6 Å². The van der Waals surface area contributed by atoms with Gasteiger partial charge in [0.1, 0.15) is 0 Å². The maximum Gasteiger partial charge on any atom is 0.269 e. The van der Waals surface area contributed by atoms with E-state index < -0.39 is 11.0 Å². The standard InChI is InChI=1S/C15H17N3O3/c1-11(14-4-2-3-9-16-14)17-10-15(19)12-5-7-13(8-6-12)18(20)21/h2-9,11,15,17,19H,10H2,1H3/t11-,15?/m1/s1. The molecule has 110 valence electrons. The molecule has 2 N–H and O–H groups in total. The molecule has 6 nitrogen and oxygen atoms in total. The summed E-state index contributed by atoms with van der Waals surface area (Å²) in [6, 6.07) is 11.6. The predicted molar refractivity (Wildman–Crippen MR) is 78.7 cm³/mol. The highest BCUT2D eigenvalue weighted by Gasteiger charge is 2.12. The van der Waals surface area contributed by atoms with Crippen molar-refractivity contribution < 1.29 is 10.0 Å². The molecule has 0 fully saturated rings. The molecule has 1 unspecified atom stereocenters. The maximum absolute atomic E-state index is 10.6. The normalized spacial score (nSPS) is 13.6. The van der Waals surface area contributed by atoms with E-state index in [2.05, 4.69) is 10.3 Å².